The summed E-state index contributed by atoms with van der Waals surface area (Å²) in [7, 11) is 0. The van der Waals surface area contributed by atoms with E-state index in [-0.39, 0.29) is 48.9 Å². The molecule has 4 N–H and O–H groups in total. The molecular weight excluding hydrogens is 456 g/mol. The van der Waals surface area contributed by atoms with Crippen molar-refractivity contribution in [3.63, 3.8) is 0 Å². The van der Waals surface area contributed by atoms with Crippen LogP contribution >= 0.6 is 0 Å². The molecule has 1 aromatic heterocycles. The zero-order valence-corrected chi connectivity index (χ0v) is 18.7. The number of urea groups is 1. The van der Waals surface area contributed by atoms with Crippen LogP contribution in [0.3, 0.4) is 0 Å². The van der Waals surface area contributed by atoms with Crippen LogP contribution in [-0.2, 0) is 16.1 Å². The van der Waals surface area contributed by atoms with Crippen molar-refractivity contribution in [1.29, 1.82) is 0 Å². The van der Waals surface area contributed by atoms with Crippen LogP contribution in [0.2, 0.25) is 0 Å². The lowest BCUT2D eigenvalue weighted by Crippen LogP contribution is -2.34. The standard InChI is InChI=1S/C23H22N6O6/c1-2-28-21(33)16-8-3-13(11-17(16)27-23(28)35)20(32)26-15-6-4-14(5-7-15)25-18(30)9-10-29-19(31)12-24-22(29)34/h3-8,11H,2,9-10,12H2,1H3,(H,24,34)(H,25,30)(H,26,32)(H,27,35). The lowest BCUT2D eigenvalue weighted by molar-refractivity contribution is -0.125. The number of nitrogens with zero attached hydrogens (tertiary/aromatic N) is 2. The Labute approximate surface area is 197 Å². The first kappa shape index (κ1) is 23.4. The fraction of sp³-hybridized carbons (Fsp3) is 0.217. The Hall–Kier alpha value is -4.74. The van der Waals surface area contributed by atoms with E-state index in [2.05, 4.69) is 20.9 Å². The van der Waals surface area contributed by atoms with Crippen molar-refractivity contribution < 1.29 is 19.2 Å². The highest BCUT2D eigenvalue weighted by atomic mass is 16.2. The van der Waals surface area contributed by atoms with E-state index >= 15 is 0 Å². The Bertz CT molecular complexity index is 1440. The van der Waals surface area contributed by atoms with Crippen LogP contribution in [0.15, 0.2) is 52.1 Å². The third-order valence-electron chi connectivity index (χ3n) is 5.49. The third-order valence-corrected chi connectivity index (χ3v) is 5.49. The summed E-state index contributed by atoms with van der Waals surface area (Å²) in [5.74, 6) is -1.20. The average molecular weight is 478 g/mol. The molecule has 0 bridgehead atoms. The van der Waals surface area contributed by atoms with Crippen LogP contribution in [0, 0.1) is 0 Å². The van der Waals surface area contributed by atoms with Crippen LogP contribution in [0.4, 0.5) is 16.2 Å². The summed E-state index contributed by atoms with van der Waals surface area (Å²) >= 11 is 0. The molecule has 0 atom stereocenters. The number of H-pyrrole nitrogens is 1. The Morgan fingerprint density at radius 2 is 1.66 bits per heavy atom. The van der Waals surface area contributed by atoms with Gasteiger partial charge in [0.05, 0.1) is 17.4 Å². The number of anilines is 2. The number of carbonyl (C=O) groups is 4. The first-order chi connectivity index (χ1) is 16.8. The fourth-order valence-corrected chi connectivity index (χ4v) is 3.64. The molecule has 12 nitrogen and oxygen atoms in total. The van der Waals surface area contributed by atoms with Gasteiger partial charge in [0.2, 0.25) is 11.8 Å². The van der Waals surface area contributed by atoms with Gasteiger partial charge in [0.25, 0.3) is 11.5 Å². The van der Waals surface area contributed by atoms with Gasteiger partial charge >= 0.3 is 11.7 Å². The minimum absolute atomic E-state index is 0.0199. The highest BCUT2D eigenvalue weighted by Gasteiger charge is 2.28. The highest BCUT2D eigenvalue weighted by Crippen LogP contribution is 2.16. The van der Waals surface area contributed by atoms with Crippen LogP contribution in [0.25, 0.3) is 10.9 Å². The minimum Gasteiger partial charge on any atom is -0.329 e. The number of aromatic amines is 1. The van der Waals surface area contributed by atoms with E-state index in [1.54, 1.807) is 31.2 Å². The molecule has 1 saturated heterocycles. The van der Waals surface area contributed by atoms with E-state index in [0.717, 1.165) is 9.47 Å². The van der Waals surface area contributed by atoms with E-state index in [4.69, 9.17) is 0 Å². The van der Waals surface area contributed by atoms with Crippen molar-refractivity contribution in [1.82, 2.24) is 19.8 Å². The molecule has 0 aliphatic carbocycles. The topological polar surface area (TPSA) is 162 Å². The number of rotatable bonds is 7. The van der Waals surface area contributed by atoms with E-state index in [1.165, 1.54) is 18.2 Å². The fourth-order valence-electron chi connectivity index (χ4n) is 3.64. The summed E-state index contributed by atoms with van der Waals surface area (Å²) in [6.45, 7) is 1.84. The SMILES string of the molecule is CCn1c(=O)[nH]c2cc(C(=O)Nc3ccc(NC(=O)CCN4C(=O)CNC4=O)cc3)ccc2c1=O. The van der Waals surface area contributed by atoms with Gasteiger partial charge in [-0.05, 0) is 49.4 Å². The van der Waals surface area contributed by atoms with Crippen LogP contribution in [-0.4, -0.2) is 51.3 Å². The maximum atomic E-state index is 12.7. The summed E-state index contributed by atoms with van der Waals surface area (Å²) in [5, 5.41) is 8.06. The normalized spacial score (nSPS) is 13.1. The summed E-state index contributed by atoms with van der Waals surface area (Å²) in [4.78, 5) is 75.9. The number of fused-ring (bicyclic) bond motifs is 1. The molecule has 2 aromatic carbocycles. The first-order valence-electron chi connectivity index (χ1n) is 10.8. The summed E-state index contributed by atoms with van der Waals surface area (Å²) in [6.07, 6.45) is -0.0506. The predicted octanol–water partition coefficient (Wildman–Crippen LogP) is 0.842. The molecule has 4 rings (SSSR count). The molecule has 0 radical (unpaired) electrons. The number of benzene rings is 2. The van der Waals surface area contributed by atoms with Crippen molar-refractivity contribution in [3.8, 4) is 0 Å². The zero-order valence-electron chi connectivity index (χ0n) is 18.7. The second kappa shape index (κ2) is 9.63. The smallest absolute Gasteiger partial charge is 0.328 e. The zero-order chi connectivity index (χ0) is 25.1. The highest BCUT2D eigenvalue weighted by molar-refractivity contribution is 6.06. The predicted molar refractivity (Wildman–Crippen MR) is 127 cm³/mol. The minimum atomic E-state index is -0.546. The lowest BCUT2D eigenvalue weighted by Gasteiger charge is -2.12. The number of hydrogen-bond acceptors (Lipinski definition) is 6. The molecule has 0 spiro atoms. The van der Waals surface area contributed by atoms with E-state index in [0.29, 0.717) is 16.8 Å². The van der Waals surface area contributed by atoms with E-state index < -0.39 is 23.2 Å². The quantitative estimate of drug-likeness (QED) is 0.368. The average Bonchev–Trinajstić information content (AvgIpc) is 3.15. The number of nitrogens with one attached hydrogen (secondary N) is 4. The van der Waals surface area contributed by atoms with Gasteiger partial charge in [-0.1, -0.05) is 0 Å². The molecule has 0 saturated carbocycles. The molecule has 1 aliphatic heterocycles. The molecule has 35 heavy (non-hydrogen) atoms. The van der Waals surface area contributed by atoms with Gasteiger partial charge in [0, 0.05) is 36.4 Å². The number of aromatic nitrogens is 2. The number of carbonyl (C=O) groups excluding carboxylic acids is 4. The largest absolute Gasteiger partial charge is 0.329 e. The Morgan fingerprint density at radius 3 is 2.29 bits per heavy atom. The monoisotopic (exact) mass is 478 g/mol. The second-order valence-corrected chi connectivity index (χ2v) is 7.77. The molecule has 5 amide bonds. The number of hydrogen-bond donors (Lipinski definition) is 4. The summed E-state index contributed by atoms with van der Waals surface area (Å²) in [5.41, 5.74) is 0.479. The Kier molecular flexibility index (Phi) is 6.44. The molecule has 1 fully saturated rings. The van der Waals surface area contributed by atoms with Crippen LogP contribution < -0.4 is 27.2 Å². The molecule has 3 aromatic rings. The second-order valence-electron chi connectivity index (χ2n) is 7.77. The Morgan fingerprint density at radius 1 is 0.971 bits per heavy atom. The summed E-state index contributed by atoms with van der Waals surface area (Å²) < 4.78 is 1.07. The Balaban J connectivity index is 1.38. The van der Waals surface area contributed by atoms with Gasteiger partial charge in [-0.15, -0.1) is 0 Å². The van der Waals surface area contributed by atoms with E-state index in [1.807, 2.05) is 0 Å². The van der Waals surface area contributed by atoms with Crippen molar-refractivity contribution in [2.45, 2.75) is 19.9 Å². The van der Waals surface area contributed by atoms with Gasteiger partial charge in [-0.3, -0.25) is 28.6 Å². The molecular formula is C23H22N6O6. The van der Waals surface area contributed by atoms with Crippen molar-refractivity contribution in [3.05, 3.63) is 68.9 Å². The molecule has 180 valence electrons. The number of imide groups is 1. The molecule has 2 heterocycles. The maximum Gasteiger partial charge on any atom is 0.328 e. The van der Waals surface area contributed by atoms with Gasteiger partial charge in [0.15, 0.2) is 0 Å². The van der Waals surface area contributed by atoms with Gasteiger partial charge in [-0.2, -0.15) is 0 Å². The summed E-state index contributed by atoms with van der Waals surface area (Å²) in [6, 6.07) is 10.3. The first-order valence-corrected chi connectivity index (χ1v) is 10.8. The van der Waals surface area contributed by atoms with Crippen molar-refractivity contribution in [2.75, 3.05) is 23.7 Å². The maximum absolute atomic E-state index is 12.7. The van der Waals surface area contributed by atoms with Gasteiger partial charge < -0.3 is 20.9 Å². The lowest BCUT2D eigenvalue weighted by atomic mass is 10.1. The molecule has 12 heteroatoms. The molecule has 0 unspecified atom stereocenters. The number of amides is 5. The molecule has 1 aliphatic rings. The van der Waals surface area contributed by atoms with Gasteiger partial charge in [-0.25, -0.2) is 9.59 Å². The van der Waals surface area contributed by atoms with Crippen molar-refractivity contribution in [2.24, 2.45) is 0 Å². The van der Waals surface area contributed by atoms with Crippen LogP contribution in [0.1, 0.15) is 23.7 Å². The van der Waals surface area contributed by atoms with Crippen LogP contribution in [0.5, 0.6) is 0 Å². The van der Waals surface area contributed by atoms with Crippen molar-refractivity contribution >= 4 is 46.0 Å². The third kappa shape index (κ3) is 4.95. The van der Waals surface area contributed by atoms with E-state index in [9.17, 15) is 28.8 Å². The van der Waals surface area contributed by atoms with Gasteiger partial charge in [0.1, 0.15) is 0 Å².